The maximum absolute atomic E-state index is 11.2. The van der Waals surface area contributed by atoms with Crippen LogP contribution >= 0.6 is 0 Å². The van der Waals surface area contributed by atoms with Crippen molar-refractivity contribution in [1.82, 2.24) is 0 Å². The molecule has 0 aromatic heterocycles. The molecule has 0 saturated heterocycles. The molecule has 0 heterocycles. The number of carbonyl (C=O) groups is 4. The van der Waals surface area contributed by atoms with E-state index in [1.54, 1.807) is 0 Å². The summed E-state index contributed by atoms with van der Waals surface area (Å²) in [6, 6.07) is 0. The lowest BCUT2D eigenvalue weighted by Crippen LogP contribution is -2.15. The zero-order valence-corrected chi connectivity index (χ0v) is 10.5. The highest BCUT2D eigenvalue weighted by Gasteiger charge is 2.22. The van der Waals surface area contributed by atoms with Crippen molar-refractivity contribution < 1.29 is 38.9 Å². The summed E-state index contributed by atoms with van der Waals surface area (Å²) in [6.45, 7) is 0. The van der Waals surface area contributed by atoms with Gasteiger partial charge in [-0.15, -0.1) is 0 Å². The molecule has 0 rings (SSSR count). The summed E-state index contributed by atoms with van der Waals surface area (Å²) in [5.41, 5.74) is -0.670. The number of methoxy groups -OCH3 is 2. The maximum Gasteiger partial charge on any atom is 0.332 e. The fraction of sp³-hybridized carbons (Fsp3) is 0.455. The zero-order valence-electron chi connectivity index (χ0n) is 10.5. The Morgan fingerprint density at radius 1 is 0.842 bits per heavy atom. The first-order chi connectivity index (χ1) is 8.81. The predicted octanol–water partition coefficient (Wildman–Crippen LogP) is -0.0315. The van der Waals surface area contributed by atoms with Gasteiger partial charge in [-0.05, 0) is 5.57 Å². The minimum absolute atomic E-state index is 0.145. The van der Waals surface area contributed by atoms with Gasteiger partial charge in [0.15, 0.2) is 0 Å². The molecule has 0 atom stereocenters. The standard InChI is InChI=1S/C11H14O8/c1-18-9(14)3-6(4-10(15)19-2)7(11(16)17)5-8(12)13/h3-5H2,1-2H3,(H,12,13)(H,16,17). The molecule has 0 amide bonds. The Morgan fingerprint density at radius 2 is 1.26 bits per heavy atom. The van der Waals surface area contributed by atoms with E-state index in [0.29, 0.717) is 0 Å². The van der Waals surface area contributed by atoms with Crippen LogP contribution in [0.3, 0.4) is 0 Å². The van der Waals surface area contributed by atoms with E-state index < -0.39 is 48.7 Å². The molecular formula is C11H14O8. The lowest BCUT2D eigenvalue weighted by Gasteiger charge is -2.09. The monoisotopic (exact) mass is 274 g/mol. The van der Waals surface area contributed by atoms with Gasteiger partial charge < -0.3 is 19.7 Å². The fourth-order valence-electron chi connectivity index (χ4n) is 1.27. The van der Waals surface area contributed by atoms with Crippen LogP contribution in [0.4, 0.5) is 0 Å². The van der Waals surface area contributed by atoms with Gasteiger partial charge >= 0.3 is 23.9 Å². The molecule has 0 aromatic rings. The van der Waals surface area contributed by atoms with E-state index in [4.69, 9.17) is 10.2 Å². The largest absolute Gasteiger partial charge is 0.481 e. The molecule has 19 heavy (non-hydrogen) atoms. The highest BCUT2D eigenvalue weighted by Crippen LogP contribution is 2.18. The first kappa shape index (κ1) is 16.6. The van der Waals surface area contributed by atoms with Gasteiger partial charge in [0, 0.05) is 5.57 Å². The number of esters is 2. The van der Waals surface area contributed by atoms with E-state index in [1.165, 1.54) is 0 Å². The molecule has 0 spiro atoms. The van der Waals surface area contributed by atoms with Gasteiger partial charge in [-0.25, -0.2) is 4.79 Å². The summed E-state index contributed by atoms with van der Waals surface area (Å²) in [6.07, 6.45) is -1.78. The number of carbonyl (C=O) groups excluding carboxylic acids is 2. The minimum Gasteiger partial charge on any atom is -0.481 e. The summed E-state index contributed by atoms with van der Waals surface area (Å²) in [5, 5.41) is 17.6. The number of aliphatic carboxylic acids is 2. The normalized spacial score (nSPS) is 9.37. The van der Waals surface area contributed by atoms with E-state index in [-0.39, 0.29) is 5.57 Å². The van der Waals surface area contributed by atoms with Crippen molar-refractivity contribution in [3.63, 3.8) is 0 Å². The second-order valence-corrected chi connectivity index (χ2v) is 3.46. The van der Waals surface area contributed by atoms with Crippen LogP contribution < -0.4 is 0 Å². The van der Waals surface area contributed by atoms with Crippen molar-refractivity contribution >= 4 is 23.9 Å². The summed E-state index contributed by atoms with van der Waals surface area (Å²) < 4.78 is 8.73. The lowest BCUT2D eigenvalue weighted by molar-refractivity contribution is -0.142. The van der Waals surface area contributed by atoms with Crippen LogP contribution in [-0.4, -0.2) is 48.3 Å². The van der Waals surface area contributed by atoms with Crippen LogP contribution in [0.2, 0.25) is 0 Å². The Hall–Kier alpha value is -2.38. The molecule has 0 saturated carbocycles. The van der Waals surface area contributed by atoms with Gasteiger partial charge in [0.25, 0.3) is 0 Å². The number of hydrogen-bond donors (Lipinski definition) is 2. The molecule has 0 bridgehead atoms. The Bertz CT molecular complexity index is 400. The molecule has 0 aliphatic carbocycles. The molecule has 8 heteroatoms. The first-order valence-corrected chi connectivity index (χ1v) is 5.11. The predicted molar refractivity (Wildman–Crippen MR) is 60.2 cm³/mol. The van der Waals surface area contributed by atoms with Crippen LogP contribution in [0.15, 0.2) is 11.1 Å². The van der Waals surface area contributed by atoms with Gasteiger partial charge in [-0.1, -0.05) is 0 Å². The Balaban J connectivity index is 5.42. The minimum atomic E-state index is -1.51. The van der Waals surface area contributed by atoms with Crippen LogP contribution in [0, 0.1) is 0 Å². The zero-order chi connectivity index (χ0) is 15.0. The SMILES string of the molecule is COC(=O)CC(CC(=O)OC)=C(CC(=O)O)C(=O)O. The molecule has 0 aromatic carbocycles. The van der Waals surface area contributed by atoms with Gasteiger partial charge in [0.2, 0.25) is 0 Å². The second-order valence-electron chi connectivity index (χ2n) is 3.46. The third-order valence-corrected chi connectivity index (χ3v) is 2.18. The number of rotatable bonds is 7. The quantitative estimate of drug-likeness (QED) is 0.489. The Labute approximate surface area is 108 Å². The van der Waals surface area contributed by atoms with E-state index >= 15 is 0 Å². The topological polar surface area (TPSA) is 127 Å². The molecule has 106 valence electrons. The Kier molecular flexibility index (Phi) is 6.87. The number of ether oxygens (including phenoxy) is 2. The summed E-state index contributed by atoms with van der Waals surface area (Å²) >= 11 is 0. The van der Waals surface area contributed by atoms with Crippen molar-refractivity contribution in [1.29, 1.82) is 0 Å². The summed E-state index contributed by atoms with van der Waals surface area (Å²) in [4.78, 5) is 43.9. The third-order valence-electron chi connectivity index (χ3n) is 2.18. The van der Waals surface area contributed by atoms with Gasteiger partial charge in [0.1, 0.15) is 0 Å². The van der Waals surface area contributed by atoms with E-state index in [2.05, 4.69) is 9.47 Å². The highest BCUT2D eigenvalue weighted by molar-refractivity contribution is 5.95. The molecule has 2 N–H and O–H groups in total. The lowest BCUT2D eigenvalue weighted by atomic mass is 9.99. The van der Waals surface area contributed by atoms with Crippen LogP contribution in [0.1, 0.15) is 19.3 Å². The van der Waals surface area contributed by atoms with Gasteiger partial charge in [-0.3, -0.25) is 14.4 Å². The summed E-state index contributed by atoms with van der Waals surface area (Å²) in [5.74, 6) is -4.44. The molecular weight excluding hydrogens is 260 g/mol. The number of carboxylic acids is 2. The van der Waals surface area contributed by atoms with Gasteiger partial charge in [-0.2, -0.15) is 0 Å². The van der Waals surface area contributed by atoms with Crippen molar-refractivity contribution in [2.24, 2.45) is 0 Å². The number of carboxylic acid groups (broad SMARTS) is 2. The van der Waals surface area contributed by atoms with Crippen LogP contribution in [0.25, 0.3) is 0 Å². The van der Waals surface area contributed by atoms with E-state index in [9.17, 15) is 19.2 Å². The average Bonchev–Trinajstić information content (AvgIpc) is 2.34. The average molecular weight is 274 g/mol. The Morgan fingerprint density at radius 3 is 1.53 bits per heavy atom. The fourth-order valence-corrected chi connectivity index (χ4v) is 1.27. The maximum atomic E-state index is 11.2. The third kappa shape index (κ3) is 6.20. The van der Waals surface area contributed by atoms with Crippen LogP contribution in [0.5, 0.6) is 0 Å². The van der Waals surface area contributed by atoms with Crippen molar-refractivity contribution in [2.45, 2.75) is 19.3 Å². The number of hydrogen-bond acceptors (Lipinski definition) is 6. The second kappa shape index (κ2) is 7.85. The smallest absolute Gasteiger partial charge is 0.332 e. The molecule has 0 aliphatic heterocycles. The molecule has 0 aliphatic rings. The molecule has 0 fully saturated rings. The molecule has 8 nitrogen and oxygen atoms in total. The van der Waals surface area contributed by atoms with Crippen LogP contribution in [-0.2, 0) is 28.7 Å². The van der Waals surface area contributed by atoms with Crippen molar-refractivity contribution in [3.05, 3.63) is 11.1 Å². The van der Waals surface area contributed by atoms with E-state index in [0.717, 1.165) is 14.2 Å². The van der Waals surface area contributed by atoms with Crippen molar-refractivity contribution in [2.75, 3.05) is 14.2 Å². The van der Waals surface area contributed by atoms with Gasteiger partial charge in [0.05, 0.1) is 33.5 Å². The van der Waals surface area contributed by atoms with E-state index in [1.807, 2.05) is 0 Å². The summed E-state index contributed by atoms with van der Waals surface area (Å²) in [7, 11) is 2.19. The van der Waals surface area contributed by atoms with Crippen molar-refractivity contribution in [3.8, 4) is 0 Å². The highest BCUT2D eigenvalue weighted by atomic mass is 16.5. The molecule has 0 unspecified atom stereocenters. The first-order valence-electron chi connectivity index (χ1n) is 5.11. The molecule has 0 radical (unpaired) electrons.